The Bertz CT molecular complexity index is 807. The Kier molecular flexibility index (Phi) is 3.48. The van der Waals surface area contributed by atoms with Crippen LogP contribution in [0.25, 0.3) is 16.6 Å². The van der Waals surface area contributed by atoms with Crippen LogP contribution in [0, 0.1) is 0 Å². The average molecular weight is 297 g/mol. The Morgan fingerprint density at radius 2 is 1.91 bits per heavy atom. The Morgan fingerprint density at radius 1 is 1.09 bits per heavy atom. The summed E-state index contributed by atoms with van der Waals surface area (Å²) in [5.41, 5.74) is 1.89. The quantitative estimate of drug-likeness (QED) is 0.736. The Balaban J connectivity index is 1.83. The van der Waals surface area contributed by atoms with Crippen LogP contribution in [0.4, 0.5) is 0 Å². The first kappa shape index (κ1) is 13.6. The van der Waals surface area contributed by atoms with Gasteiger partial charge in [0.05, 0.1) is 25.3 Å². The maximum atomic E-state index is 5.41. The van der Waals surface area contributed by atoms with Crippen LogP contribution in [0.1, 0.15) is 18.6 Å². The molecule has 0 saturated carbocycles. The van der Waals surface area contributed by atoms with Gasteiger partial charge in [-0.25, -0.2) is 4.98 Å². The minimum atomic E-state index is 0.789. The number of aromatic nitrogens is 4. The van der Waals surface area contributed by atoms with Crippen LogP contribution in [0.3, 0.4) is 0 Å². The molecule has 1 aliphatic rings. The minimum Gasteiger partial charge on any atom is -0.379 e. The molecule has 3 aromatic rings. The van der Waals surface area contributed by atoms with Crippen LogP contribution in [0.15, 0.2) is 24.3 Å². The summed E-state index contributed by atoms with van der Waals surface area (Å²) in [5.74, 6) is 1.98. The van der Waals surface area contributed by atoms with Crippen molar-refractivity contribution in [1.29, 1.82) is 0 Å². The molecule has 1 aliphatic heterocycles. The number of fused-ring (bicyclic) bond motifs is 3. The lowest BCUT2D eigenvalue weighted by Crippen LogP contribution is -2.36. The Labute approximate surface area is 128 Å². The molecule has 22 heavy (non-hydrogen) atoms. The number of benzene rings is 1. The van der Waals surface area contributed by atoms with Crippen LogP contribution in [-0.4, -0.2) is 50.8 Å². The highest BCUT2D eigenvalue weighted by Crippen LogP contribution is 2.20. The first-order chi connectivity index (χ1) is 10.9. The molecule has 0 radical (unpaired) electrons. The third kappa shape index (κ3) is 2.24. The predicted molar refractivity (Wildman–Crippen MR) is 83.8 cm³/mol. The fraction of sp³-hybridized carbons (Fsp3) is 0.438. The minimum absolute atomic E-state index is 0.789. The van der Waals surface area contributed by atoms with E-state index in [1.165, 1.54) is 0 Å². The van der Waals surface area contributed by atoms with E-state index in [0.29, 0.717) is 0 Å². The molecule has 0 atom stereocenters. The van der Waals surface area contributed by atoms with Crippen LogP contribution in [0.2, 0.25) is 0 Å². The summed E-state index contributed by atoms with van der Waals surface area (Å²) in [6.45, 7) is 6.37. The summed E-state index contributed by atoms with van der Waals surface area (Å²) in [6, 6.07) is 8.12. The van der Waals surface area contributed by atoms with Gasteiger partial charge >= 0.3 is 0 Å². The lowest BCUT2D eigenvalue weighted by Gasteiger charge is -2.25. The molecular formula is C16H19N5O. The summed E-state index contributed by atoms with van der Waals surface area (Å²) in [6.07, 6.45) is 0.857. The molecular weight excluding hydrogens is 278 g/mol. The second-order valence-electron chi connectivity index (χ2n) is 5.56. The van der Waals surface area contributed by atoms with E-state index in [1.807, 2.05) is 18.2 Å². The maximum Gasteiger partial charge on any atom is 0.171 e. The highest BCUT2D eigenvalue weighted by Gasteiger charge is 2.17. The Morgan fingerprint density at radius 3 is 2.73 bits per heavy atom. The van der Waals surface area contributed by atoms with E-state index < -0.39 is 0 Å². The van der Waals surface area contributed by atoms with E-state index in [9.17, 15) is 0 Å². The highest BCUT2D eigenvalue weighted by molar-refractivity contribution is 5.91. The lowest BCUT2D eigenvalue weighted by molar-refractivity contribution is 0.0329. The van der Waals surface area contributed by atoms with E-state index >= 15 is 0 Å². The molecule has 0 N–H and O–H groups in total. The molecule has 1 saturated heterocycles. The maximum absolute atomic E-state index is 5.41. The number of aryl methyl sites for hydroxylation is 1. The van der Waals surface area contributed by atoms with Gasteiger partial charge in [0.2, 0.25) is 0 Å². The van der Waals surface area contributed by atoms with Gasteiger partial charge in [0, 0.05) is 24.9 Å². The zero-order chi connectivity index (χ0) is 14.9. The molecule has 6 nitrogen and oxygen atoms in total. The van der Waals surface area contributed by atoms with Crippen molar-refractivity contribution in [2.75, 3.05) is 26.3 Å². The third-order valence-corrected chi connectivity index (χ3v) is 4.17. The molecule has 1 fully saturated rings. The second kappa shape index (κ2) is 5.62. The molecule has 0 bridgehead atoms. The van der Waals surface area contributed by atoms with Crippen LogP contribution >= 0.6 is 0 Å². The normalized spacial score (nSPS) is 16.6. The van der Waals surface area contributed by atoms with Crippen molar-refractivity contribution in [2.45, 2.75) is 19.9 Å². The number of rotatable bonds is 3. The third-order valence-electron chi connectivity index (χ3n) is 4.17. The summed E-state index contributed by atoms with van der Waals surface area (Å²) in [4.78, 5) is 7.14. The van der Waals surface area contributed by atoms with Gasteiger partial charge < -0.3 is 4.74 Å². The molecule has 0 unspecified atom stereocenters. The van der Waals surface area contributed by atoms with Crippen LogP contribution < -0.4 is 0 Å². The number of ether oxygens (including phenoxy) is 1. The van der Waals surface area contributed by atoms with E-state index in [-0.39, 0.29) is 0 Å². The van der Waals surface area contributed by atoms with Crippen LogP contribution in [0.5, 0.6) is 0 Å². The largest absolute Gasteiger partial charge is 0.379 e. The number of nitrogens with zero attached hydrogens (tertiary/aromatic N) is 5. The van der Waals surface area contributed by atoms with Crippen molar-refractivity contribution in [3.8, 4) is 0 Å². The fourth-order valence-corrected chi connectivity index (χ4v) is 3.01. The number of hydrogen-bond donors (Lipinski definition) is 0. The van der Waals surface area contributed by atoms with Gasteiger partial charge in [-0.2, -0.15) is 0 Å². The van der Waals surface area contributed by atoms with Crippen molar-refractivity contribution in [3.63, 3.8) is 0 Å². The van der Waals surface area contributed by atoms with Gasteiger partial charge in [-0.15, -0.1) is 10.2 Å². The average Bonchev–Trinajstić information content (AvgIpc) is 2.99. The van der Waals surface area contributed by atoms with Gasteiger partial charge in [-0.1, -0.05) is 19.1 Å². The molecule has 2 aromatic heterocycles. The molecule has 4 rings (SSSR count). The summed E-state index contributed by atoms with van der Waals surface area (Å²) >= 11 is 0. The smallest absolute Gasteiger partial charge is 0.171 e. The number of hydrogen-bond acceptors (Lipinski definition) is 5. The van der Waals surface area contributed by atoms with Gasteiger partial charge in [0.15, 0.2) is 11.5 Å². The van der Waals surface area contributed by atoms with Gasteiger partial charge in [0.25, 0.3) is 0 Å². The zero-order valence-electron chi connectivity index (χ0n) is 12.7. The highest BCUT2D eigenvalue weighted by atomic mass is 16.5. The molecule has 114 valence electrons. The molecule has 0 spiro atoms. The fourth-order valence-electron chi connectivity index (χ4n) is 3.01. The summed E-state index contributed by atoms with van der Waals surface area (Å²) in [5, 5.41) is 9.93. The molecule has 3 heterocycles. The van der Waals surface area contributed by atoms with Crippen molar-refractivity contribution in [2.24, 2.45) is 0 Å². The molecule has 0 amide bonds. The first-order valence-electron chi connectivity index (χ1n) is 7.78. The van der Waals surface area contributed by atoms with E-state index in [4.69, 9.17) is 9.72 Å². The first-order valence-corrected chi connectivity index (χ1v) is 7.78. The SMILES string of the molecule is CCc1nc2ccccc2c2nnc(CN3CCOCC3)n12. The predicted octanol–water partition coefficient (Wildman–Crippen LogP) is 1.67. The van der Waals surface area contributed by atoms with Crippen molar-refractivity contribution < 1.29 is 4.74 Å². The standard InChI is InChI=1S/C16H19N5O/c1-2-14-17-13-6-4-3-5-12(13)16-19-18-15(21(14)16)11-20-7-9-22-10-8-20/h3-6H,2,7-11H2,1H3. The Hall–Kier alpha value is -2.05. The number of morpholine rings is 1. The number of para-hydroxylation sites is 1. The van der Waals surface area contributed by atoms with Crippen LogP contribution in [-0.2, 0) is 17.7 Å². The second-order valence-corrected chi connectivity index (χ2v) is 5.56. The monoisotopic (exact) mass is 297 g/mol. The van der Waals surface area contributed by atoms with Crippen molar-refractivity contribution in [3.05, 3.63) is 35.9 Å². The van der Waals surface area contributed by atoms with Gasteiger partial charge in [-0.05, 0) is 12.1 Å². The zero-order valence-corrected chi connectivity index (χ0v) is 12.7. The van der Waals surface area contributed by atoms with E-state index in [0.717, 1.165) is 67.5 Å². The van der Waals surface area contributed by atoms with Gasteiger partial charge in [0.1, 0.15) is 5.82 Å². The van der Waals surface area contributed by atoms with E-state index in [1.54, 1.807) is 0 Å². The topological polar surface area (TPSA) is 55.5 Å². The molecule has 1 aromatic carbocycles. The summed E-state index contributed by atoms with van der Waals surface area (Å²) < 4.78 is 7.53. The van der Waals surface area contributed by atoms with E-state index in [2.05, 4.69) is 32.5 Å². The van der Waals surface area contributed by atoms with Crippen molar-refractivity contribution in [1.82, 2.24) is 24.5 Å². The van der Waals surface area contributed by atoms with Gasteiger partial charge in [-0.3, -0.25) is 9.30 Å². The van der Waals surface area contributed by atoms with Crippen molar-refractivity contribution >= 4 is 16.6 Å². The molecule has 0 aliphatic carbocycles. The summed E-state index contributed by atoms with van der Waals surface area (Å²) in [7, 11) is 0. The molecule has 6 heteroatoms. The lowest BCUT2D eigenvalue weighted by atomic mass is 10.2.